The van der Waals surface area contributed by atoms with Crippen molar-refractivity contribution >= 4 is 11.6 Å². The third kappa shape index (κ3) is 3.43. The van der Waals surface area contributed by atoms with Crippen molar-refractivity contribution in [3.63, 3.8) is 0 Å². The Balaban J connectivity index is 1.39. The fraction of sp³-hybridized carbons (Fsp3) is 0.600. The number of pyridine rings is 1. The van der Waals surface area contributed by atoms with Crippen LogP contribution >= 0.6 is 0 Å². The monoisotopic (exact) mass is 340 g/mol. The van der Waals surface area contributed by atoms with E-state index in [1.54, 1.807) is 0 Å². The predicted molar refractivity (Wildman–Crippen MR) is 98.3 cm³/mol. The summed E-state index contributed by atoms with van der Waals surface area (Å²) in [6.45, 7) is 6.96. The van der Waals surface area contributed by atoms with Gasteiger partial charge in [0, 0.05) is 37.8 Å². The van der Waals surface area contributed by atoms with Crippen LogP contribution < -0.4 is 5.32 Å². The summed E-state index contributed by atoms with van der Waals surface area (Å²) in [7, 11) is 0. The zero-order chi connectivity index (χ0) is 17.4. The third-order valence-electron chi connectivity index (χ3n) is 5.79. The molecule has 0 radical (unpaired) electrons. The first kappa shape index (κ1) is 16.6. The van der Waals surface area contributed by atoms with Crippen LogP contribution in [-0.2, 0) is 11.3 Å². The van der Waals surface area contributed by atoms with E-state index in [2.05, 4.69) is 51.8 Å². The second-order valence-corrected chi connectivity index (χ2v) is 7.68. The fourth-order valence-electron chi connectivity index (χ4n) is 4.00. The zero-order valence-corrected chi connectivity index (χ0v) is 15.2. The molecule has 1 amide bonds. The number of hydrogen-bond acceptors (Lipinski definition) is 3. The summed E-state index contributed by atoms with van der Waals surface area (Å²) in [5.41, 5.74) is 3.44. The lowest BCUT2D eigenvalue weighted by molar-refractivity contribution is -0.134. The summed E-state index contributed by atoms with van der Waals surface area (Å²) in [5.74, 6) is 1.27. The highest BCUT2D eigenvalue weighted by atomic mass is 16.2. The minimum absolute atomic E-state index is 0.337. The van der Waals surface area contributed by atoms with Crippen molar-refractivity contribution in [1.29, 1.82) is 0 Å². The van der Waals surface area contributed by atoms with Gasteiger partial charge in [0.05, 0.1) is 11.9 Å². The van der Waals surface area contributed by atoms with E-state index in [-0.39, 0.29) is 0 Å². The van der Waals surface area contributed by atoms with Gasteiger partial charge in [0.15, 0.2) is 0 Å². The van der Waals surface area contributed by atoms with Gasteiger partial charge in [-0.3, -0.25) is 4.79 Å². The molecule has 0 unspecified atom stereocenters. The molecule has 1 aliphatic heterocycles. The molecule has 2 aromatic heterocycles. The SMILES string of the molecule is CC[C@H]1CN(C(=O)C2CC2)CC[C@@H]1NCc1cnc2cc(C)ccn12. The normalized spacial score (nSPS) is 24.0. The van der Waals surface area contributed by atoms with Gasteiger partial charge < -0.3 is 14.6 Å². The van der Waals surface area contributed by atoms with E-state index in [0.29, 0.717) is 23.8 Å². The number of carbonyl (C=O) groups is 1. The molecule has 5 nitrogen and oxygen atoms in total. The lowest BCUT2D eigenvalue weighted by Gasteiger charge is -2.39. The average molecular weight is 340 g/mol. The highest BCUT2D eigenvalue weighted by Gasteiger charge is 2.37. The number of piperidine rings is 1. The Morgan fingerprint density at radius 2 is 2.20 bits per heavy atom. The topological polar surface area (TPSA) is 49.6 Å². The minimum Gasteiger partial charge on any atom is -0.342 e. The van der Waals surface area contributed by atoms with E-state index in [1.807, 2.05) is 6.20 Å². The molecular weight excluding hydrogens is 312 g/mol. The van der Waals surface area contributed by atoms with Crippen molar-refractivity contribution in [2.24, 2.45) is 11.8 Å². The summed E-state index contributed by atoms with van der Waals surface area (Å²) in [4.78, 5) is 19.0. The number of hydrogen-bond donors (Lipinski definition) is 1. The van der Waals surface area contributed by atoms with Gasteiger partial charge in [0.25, 0.3) is 0 Å². The van der Waals surface area contributed by atoms with Gasteiger partial charge in [-0.2, -0.15) is 0 Å². The number of nitrogens with one attached hydrogen (secondary N) is 1. The maximum absolute atomic E-state index is 12.3. The first-order chi connectivity index (χ1) is 12.2. The second-order valence-electron chi connectivity index (χ2n) is 7.68. The van der Waals surface area contributed by atoms with E-state index in [9.17, 15) is 4.79 Å². The van der Waals surface area contributed by atoms with Crippen LogP contribution in [0.2, 0.25) is 0 Å². The van der Waals surface area contributed by atoms with Crippen molar-refractivity contribution < 1.29 is 4.79 Å². The summed E-state index contributed by atoms with van der Waals surface area (Å²) in [6, 6.07) is 4.71. The zero-order valence-electron chi connectivity index (χ0n) is 15.2. The number of nitrogens with zero attached hydrogens (tertiary/aromatic N) is 3. The maximum Gasteiger partial charge on any atom is 0.225 e. The highest BCUT2D eigenvalue weighted by Crippen LogP contribution is 2.33. The number of fused-ring (bicyclic) bond motifs is 1. The van der Waals surface area contributed by atoms with Gasteiger partial charge in [0.2, 0.25) is 5.91 Å². The summed E-state index contributed by atoms with van der Waals surface area (Å²) >= 11 is 0. The number of aromatic nitrogens is 2. The van der Waals surface area contributed by atoms with Crippen molar-refractivity contribution in [3.8, 4) is 0 Å². The molecule has 5 heteroatoms. The smallest absolute Gasteiger partial charge is 0.225 e. The molecule has 1 saturated carbocycles. The molecule has 1 saturated heterocycles. The largest absolute Gasteiger partial charge is 0.342 e. The summed E-state index contributed by atoms with van der Waals surface area (Å²) in [6.07, 6.45) is 8.42. The molecule has 1 aliphatic carbocycles. The Hall–Kier alpha value is -1.88. The Labute approximate surface area is 149 Å². The van der Waals surface area contributed by atoms with Crippen LogP contribution in [0.15, 0.2) is 24.5 Å². The summed E-state index contributed by atoms with van der Waals surface area (Å²) in [5, 5.41) is 3.74. The lowest BCUT2D eigenvalue weighted by atomic mass is 9.89. The molecule has 2 aromatic rings. The van der Waals surface area contributed by atoms with Crippen molar-refractivity contribution in [2.45, 2.75) is 52.1 Å². The van der Waals surface area contributed by atoms with Crippen LogP contribution in [0.4, 0.5) is 0 Å². The number of carbonyl (C=O) groups excluding carboxylic acids is 1. The molecule has 1 N–H and O–H groups in total. The highest BCUT2D eigenvalue weighted by molar-refractivity contribution is 5.81. The van der Waals surface area contributed by atoms with Gasteiger partial charge in [-0.05, 0) is 49.8 Å². The van der Waals surface area contributed by atoms with Gasteiger partial charge >= 0.3 is 0 Å². The van der Waals surface area contributed by atoms with Crippen LogP contribution in [0.5, 0.6) is 0 Å². The second kappa shape index (κ2) is 6.79. The predicted octanol–water partition coefficient (Wildman–Crippen LogP) is 2.77. The average Bonchev–Trinajstić information content (AvgIpc) is 3.40. The number of rotatable bonds is 5. The molecule has 25 heavy (non-hydrogen) atoms. The Kier molecular flexibility index (Phi) is 4.50. The van der Waals surface area contributed by atoms with Crippen LogP contribution in [-0.4, -0.2) is 39.3 Å². The van der Waals surface area contributed by atoms with Gasteiger partial charge in [-0.25, -0.2) is 4.98 Å². The lowest BCUT2D eigenvalue weighted by Crippen LogP contribution is -2.51. The first-order valence-corrected chi connectivity index (χ1v) is 9.60. The van der Waals surface area contributed by atoms with Crippen molar-refractivity contribution in [3.05, 3.63) is 35.8 Å². The van der Waals surface area contributed by atoms with E-state index >= 15 is 0 Å². The molecule has 2 aliphatic rings. The molecular formula is C20H28N4O. The van der Waals surface area contributed by atoms with Crippen LogP contribution in [0.1, 0.15) is 43.9 Å². The Morgan fingerprint density at radius 1 is 1.36 bits per heavy atom. The van der Waals surface area contributed by atoms with E-state index in [4.69, 9.17) is 0 Å². The van der Waals surface area contributed by atoms with Gasteiger partial charge in [0.1, 0.15) is 5.65 Å². The van der Waals surface area contributed by atoms with Crippen molar-refractivity contribution in [1.82, 2.24) is 19.6 Å². The molecule has 0 aromatic carbocycles. The quantitative estimate of drug-likeness (QED) is 0.910. The standard InChI is InChI=1S/C20H28N4O/c1-3-15-13-23(20(25)16-4-5-16)8-7-18(15)21-11-17-12-22-19-10-14(2)6-9-24(17)19/h6,9-10,12,15-16,18,21H,3-5,7-8,11,13H2,1-2H3/t15-,18-/m0/s1. The van der Waals surface area contributed by atoms with Crippen molar-refractivity contribution in [2.75, 3.05) is 13.1 Å². The molecule has 3 heterocycles. The Morgan fingerprint density at radius 3 is 2.96 bits per heavy atom. The Bertz CT molecular complexity index is 764. The number of amides is 1. The molecule has 0 bridgehead atoms. The molecule has 4 rings (SSSR count). The van der Waals surface area contributed by atoms with E-state index in [0.717, 1.165) is 51.0 Å². The summed E-state index contributed by atoms with van der Waals surface area (Å²) < 4.78 is 2.16. The molecule has 2 fully saturated rings. The third-order valence-corrected chi connectivity index (χ3v) is 5.79. The van der Waals surface area contributed by atoms with Crippen LogP contribution in [0.25, 0.3) is 5.65 Å². The van der Waals surface area contributed by atoms with Crippen LogP contribution in [0, 0.1) is 18.8 Å². The number of likely N-dealkylation sites (tertiary alicyclic amines) is 1. The van der Waals surface area contributed by atoms with E-state index in [1.165, 1.54) is 11.3 Å². The van der Waals surface area contributed by atoms with Crippen LogP contribution in [0.3, 0.4) is 0 Å². The maximum atomic E-state index is 12.3. The number of imidazole rings is 1. The molecule has 134 valence electrons. The fourth-order valence-corrected chi connectivity index (χ4v) is 4.00. The molecule has 2 atom stereocenters. The first-order valence-electron chi connectivity index (χ1n) is 9.60. The minimum atomic E-state index is 0.337. The van der Waals surface area contributed by atoms with E-state index < -0.39 is 0 Å². The number of aryl methyl sites for hydroxylation is 1. The molecule has 0 spiro atoms. The van der Waals surface area contributed by atoms with Gasteiger partial charge in [-0.15, -0.1) is 0 Å². The van der Waals surface area contributed by atoms with Gasteiger partial charge in [-0.1, -0.05) is 13.3 Å².